The van der Waals surface area contributed by atoms with Crippen molar-refractivity contribution < 1.29 is 17.6 Å². The van der Waals surface area contributed by atoms with Crippen LogP contribution in [0.15, 0.2) is 62.6 Å². The minimum absolute atomic E-state index is 0.120. The lowest BCUT2D eigenvalue weighted by Gasteiger charge is -2.07. The predicted molar refractivity (Wildman–Crippen MR) is 101 cm³/mol. The van der Waals surface area contributed by atoms with E-state index in [4.69, 9.17) is 4.42 Å². The Morgan fingerprint density at radius 3 is 2.52 bits per heavy atom. The molecule has 8 nitrogen and oxygen atoms in total. The van der Waals surface area contributed by atoms with E-state index in [1.807, 2.05) is 6.07 Å². The van der Waals surface area contributed by atoms with Gasteiger partial charge in [0.2, 0.25) is 15.9 Å². The van der Waals surface area contributed by atoms with Crippen LogP contribution in [-0.4, -0.2) is 25.9 Å². The third kappa shape index (κ3) is 4.26. The highest BCUT2D eigenvalue weighted by molar-refractivity contribution is 7.89. The summed E-state index contributed by atoms with van der Waals surface area (Å²) in [6, 6.07) is 13.0. The molecule has 0 aliphatic heterocycles. The Labute approximate surface area is 155 Å². The number of amides is 1. The first-order chi connectivity index (χ1) is 12.9. The summed E-state index contributed by atoms with van der Waals surface area (Å²) in [5.74, 6) is -0.669. The van der Waals surface area contributed by atoms with E-state index in [1.165, 1.54) is 35.9 Å². The van der Waals surface area contributed by atoms with Crippen LogP contribution in [0.25, 0.3) is 11.1 Å². The lowest BCUT2D eigenvalue weighted by Crippen LogP contribution is -2.19. The first-order valence-corrected chi connectivity index (χ1v) is 9.81. The number of carbonyl (C=O) groups excluding carboxylic acids is 1. The quantitative estimate of drug-likeness (QED) is 0.641. The van der Waals surface area contributed by atoms with Gasteiger partial charge >= 0.3 is 5.76 Å². The summed E-state index contributed by atoms with van der Waals surface area (Å²) in [7, 11) is -2.18. The monoisotopic (exact) mass is 389 g/mol. The van der Waals surface area contributed by atoms with E-state index in [1.54, 1.807) is 18.2 Å². The molecule has 0 saturated heterocycles. The van der Waals surface area contributed by atoms with Gasteiger partial charge in [-0.2, -0.15) is 0 Å². The molecule has 0 fully saturated rings. The van der Waals surface area contributed by atoms with Crippen LogP contribution in [0.2, 0.25) is 0 Å². The Morgan fingerprint density at radius 2 is 1.81 bits per heavy atom. The summed E-state index contributed by atoms with van der Waals surface area (Å²) in [5, 5.41) is 2.71. The maximum atomic E-state index is 12.1. The molecular weight excluding hydrogens is 370 g/mol. The number of sulfonamides is 1. The van der Waals surface area contributed by atoms with Gasteiger partial charge in [0.05, 0.1) is 10.4 Å². The van der Waals surface area contributed by atoms with Crippen molar-refractivity contribution in [2.24, 2.45) is 0 Å². The van der Waals surface area contributed by atoms with Crippen molar-refractivity contribution >= 4 is 32.7 Å². The number of anilines is 1. The Bertz CT molecular complexity index is 1110. The maximum absolute atomic E-state index is 12.1. The highest BCUT2D eigenvalue weighted by atomic mass is 32.2. The normalized spacial score (nSPS) is 11.6. The number of nitrogens with zero attached hydrogens (tertiary/aromatic N) is 1. The first kappa shape index (κ1) is 18.9. The molecule has 0 unspecified atom stereocenters. The van der Waals surface area contributed by atoms with Crippen molar-refractivity contribution in [3.63, 3.8) is 0 Å². The van der Waals surface area contributed by atoms with Crippen molar-refractivity contribution in [3.8, 4) is 0 Å². The van der Waals surface area contributed by atoms with E-state index in [0.717, 1.165) is 0 Å². The highest BCUT2D eigenvalue weighted by Crippen LogP contribution is 2.15. The van der Waals surface area contributed by atoms with Gasteiger partial charge in [-0.3, -0.25) is 9.36 Å². The lowest BCUT2D eigenvalue weighted by atomic mass is 10.2. The second-order valence-corrected chi connectivity index (χ2v) is 7.76. The van der Waals surface area contributed by atoms with Crippen molar-refractivity contribution in [2.75, 3.05) is 12.4 Å². The van der Waals surface area contributed by atoms with Crippen LogP contribution in [0.3, 0.4) is 0 Å². The first-order valence-electron chi connectivity index (χ1n) is 8.32. The molecule has 27 heavy (non-hydrogen) atoms. The molecule has 142 valence electrons. The number of oxazole rings is 1. The summed E-state index contributed by atoms with van der Waals surface area (Å²) in [4.78, 5) is 24.1. The molecule has 3 aromatic rings. The Balaban J connectivity index is 1.57. The van der Waals surface area contributed by atoms with E-state index in [2.05, 4.69) is 10.0 Å². The third-order valence-corrected chi connectivity index (χ3v) is 5.51. The fraction of sp³-hybridized carbons (Fsp3) is 0.222. The number of hydrogen-bond acceptors (Lipinski definition) is 5. The van der Waals surface area contributed by atoms with Crippen molar-refractivity contribution in [2.45, 2.75) is 24.3 Å². The molecule has 0 aliphatic rings. The van der Waals surface area contributed by atoms with Gasteiger partial charge in [0.25, 0.3) is 0 Å². The standard InChI is InChI=1S/C18H19N3O5S/c1-19-27(24,25)14-10-8-13(9-11-14)20-17(22)7-4-12-21-15-5-2-3-6-16(15)26-18(21)23/h2-3,5-6,8-11,19H,4,7,12H2,1H3,(H,20,22). The minimum Gasteiger partial charge on any atom is -0.408 e. The number of para-hydroxylation sites is 2. The number of aryl methyl sites for hydroxylation is 1. The molecule has 0 radical (unpaired) electrons. The smallest absolute Gasteiger partial charge is 0.408 e. The largest absolute Gasteiger partial charge is 0.419 e. The summed E-state index contributed by atoms with van der Waals surface area (Å²) in [6.07, 6.45) is 0.671. The summed E-state index contributed by atoms with van der Waals surface area (Å²) < 4.78 is 32.2. The average Bonchev–Trinajstić information content (AvgIpc) is 2.98. The molecule has 1 amide bonds. The zero-order chi connectivity index (χ0) is 19.4. The molecule has 1 heterocycles. The Kier molecular flexibility index (Phi) is 5.43. The molecule has 0 atom stereocenters. The molecule has 0 saturated carbocycles. The van der Waals surface area contributed by atoms with Gasteiger partial charge in [-0.1, -0.05) is 12.1 Å². The summed E-state index contributed by atoms with van der Waals surface area (Å²) in [6.45, 7) is 0.364. The van der Waals surface area contributed by atoms with Gasteiger partial charge in [0.1, 0.15) is 0 Å². The van der Waals surface area contributed by atoms with Crippen LogP contribution in [0.5, 0.6) is 0 Å². The molecule has 9 heteroatoms. The van der Waals surface area contributed by atoms with Crippen molar-refractivity contribution in [1.29, 1.82) is 0 Å². The number of carbonyl (C=O) groups is 1. The van der Waals surface area contributed by atoms with Gasteiger partial charge < -0.3 is 9.73 Å². The third-order valence-electron chi connectivity index (χ3n) is 4.08. The molecule has 0 spiro atoms. The predicted octanol–water partition coefficient (Wildman–Crippen LogP) is 1.92. The topological polar surface area (TPSA) is 110 Å². The molecule has 2 N–H and O–H groups in total. The maximum Gasteiger partial charge on any atom is 0.419 e. The van der Waals surface area contributed by atoms with E-state index in [9.17, 15) is 18.0 Å². The van der Waals surface area contributed by atoms with Crippen LogP contribution in [0.4, 0.5) is 5.69 Å². The van der Waals surface area contributed by atoms with E-state index < -0.39 is 15.8 Å². The van der Waals surface area contributed by atoms with Crippen LogP contribution in [-0.2, 0) is 21.4 Å². The highest BCUT2D eigenvalue weighted by Gasteiger charge is 2.12. The fourth-order valence-electron chi connectivity index (χ4n) is 2.68. The zero-order valence-corrected chi connectivity index (χ0v) is 15.5. The summed E-state index contributed by atoms with van der Waals surface area (Å²) >= 11 is 0. The molecule has 0 aliphatic carbocycles. The van der Waals surface area contributed by atoms with Crippen molar-refractivity contribution in [3.05, 3.63) is 59.1 Å². The van der Waals surface area contributed by atoms with E-state index in [0.29, 0.717) is 29.8 Å². The van der Waals surface area contributed by atoms with Gasteiger partial charge in [0.15, 0.2) is 5.58 Å². The molecule has 3 rings (SSSR count). The van der Waals surface area contributed by atoms with Gasteiger partial charge in [-0.25, -0.2) is 17.9 Å². The van der Waals surface area contributed by atoms with Crippen LogP contribution in [0.1, 0.15) is 12.8 Å². The number of nitrogens with one attached hydrogen (secondary N) is 2. The number of benzene rings is 2. The lowest BCUT2D eigenvalue weighted by molar-refractivity contribution is -0.116. The van der Waals surface area contributed by atoms with Crippen LogP contribution < -0.4 is 15.8 Å². The minimum atomic E-state index is -3.51. The number of aromatic nitrogens is 1. The Hall–Kier alpha value is -2.91. The summed E-state index contributed by atoms with van der Waals surface area (Å²) in [5.41, 5.74) is 1.72. The number of fused-ring (bicyclic) bond motifs is 1. The molecule has 2 aromatic carbocycles. The average molecular weight is 389 g/mol. The zero-order valence-electron chi connectivity index (χ0n) is 14.6. The second kappa shape index (κ2) is 7.77. The van der Waals surface area contributed by atoms with Crippen LogP contribution in [0, 0.1) is 0 Å². The van der Waals surface area contributed by atoms with Crippen LogP contribution >= 0.6 is 0 Å². The molecular formula is C18H19N3O5S. The number of hydrogen-bond donors (Lipinski definition) is 2. The second-order valence-electron chi connectivity index (χ2n) is 5.87. The van der Waals surface area contributed by atoms with Gasteiger partial charge in [-0.15, -0.1) is 0 Å². The SMILES string of the molecule is CNS(=O)(=O)c1ccc(NC(=O)CCCn2c(=O)oc3ccccc32)cc1. The van der Waals surface area contributed by atoms with Crippen molar-refractivity contribution in [1.82, 2.24) is 9.29 Å². The fourth-order valence-corrected chi connectivity index (χ4v) is 3.41. The van der Waals surface area contributed by atoms with Gasteiger partial charge in [-0.05, 0) is 49.9 Å². The van der Waals surface area contributed by atoms with E-state index in [-0.39, 0.29) is 17.2 Å². The molecule has 1 aromatic heterocycles. The Morgan fingerprint density at radius 1 is 1.11 bits per heavy atom. The van der Waals surface area contributed by atoms with Gasteiger partial charge in [0, 0.05) is 18.7 Å². The molecule has 0 bridgehead atoms. The van der Waals surface area contributed by atoms with E-state index >= 15 is 0 Å². The number of rotatable bonds is 7.